The first-order chi connectivity index (χ1) is 7.18. The summed E-state index contributed by atoms with van der Waals surface area (Å²) < 4.78 is 13.3. The first-order valence-corrected chi connectivity index (χ1v) is 5.56. The lowest BCUT2D eigenvalue weighted by atomic mass is 10.1. The number of anilines is 2. The standard InChI is InChI=1S/C11H14ClFN2/c12-8-6-10(14)11(7-9(8)13)15-4-2-1-3-5-15/h6-7H,1-5,14H2. The van der Waals surface area contributed by atoms with Crippen molar-refractivity contribution in [3.8, 4) is 0 Å². The van der Waals surface area contributed by atoms with E-state index >= 15 is 0 Å². The van der Waals surface area contributed by atoms with Crippen molar-refractivity contribution >= 4 is 23.0 Å². The third-order valence-electron chi connectivity index (χ3n) is 2.77. The van der Waals surface area contributed by atoms with Crippen LogP contribution in [0.25, 0.3) is 0 Å². The van der Waals surface area contributed by atoms with E-state index in [2.05, 4.69) is 4.90 Å². The van der Waals surface area contributed by atoms with Crippen LogP contribution in [0.4, 0.5) is 15.8 Å². The molecule has 0 amide bonds. The number of nitrogen functional groups attached to an aromatic ring is 1. The normalized spacial score (nSPS) is 16.8. The van der Waals surface area contributed by atoms with Gasteiger partial charge in [0.05, 0.1) is 16.4 Å². The topological polar surface area (TPSA) is 29.3 Å². The number of nitrogens with zero attached hydrogens (tertiary/aromatic N) is 1. The molecule has 1 aromatic carbocycles. The van der Waals surface area contributed by atoms with Gasteiger partial charge < -0.3 is 10.6 Å². The SMILES string of the molecule is Nc1cc(Cl)c(F)cc1N1CCCCC1. The summed E-state index contributed by atoms with van der Waals surface area (Å²) in [4.78, 5) is 2.12. The summed E-state index contributed by atoms with van der Waals surface area (Å²) in [6.45, 7) is 1.90. The molecule has 1 heterocycles. The molecule has 0 aromatic heterocycles. The second-order valence-corrected chi connectivity index (χ2v) is 4.28. The Balaban J connectivity index is 2.30. The van der Waals surface area contributed by atoms with Gasteiger partial charge in [0.2, 0.25) is 0 Å². The number of rotatable bonds is 1. The van der Waals surface area contributed by atoms with Gasteiger partial charge >= 0.3 is 0 Å². The average molecular weight is 229 g/mol. The second kappa shape index (κ2) is 4.27. The molecule has 1 aromatic rings. The van der Waals surface area contributed by atoms with Crippen molar-refractivity contribution in [3.63, 3.8) is 0 Å². The molecule has 0 saturated carbocycles. The van der Waals surface area contributed by atoms with Crippen LogP contribution >= 0.6 is 11.6 Å². The molecule has 2 rings (SSSR count). The van der Waals surface area contributed by atoms with Crippen LogP contribution in [-0.2, 0) is 0 Å². The monoisotopic (exact) mass is 228 g/mol. The summed E-state index contributed by atoms with van der Waals surface area (Å²) in [6, 6.07) is 2.92. The fraction of sp³-hybridized carbons (Fsp3) is 0.455. The zero-order chi connectivity index (χ0) is 10.8. The number of hydrogen-bond acceptors (Lipinski definition) is 2. The van der Waals surface area contributed by atoms with Crippen molar-refractivity contribution in [3.05, 3.63) is 23.0 Å². The van der Waals surface area contributed by atoms with Crippen LogP contribution in [0.1, 0.15) is 19.3 Å². The number of hydrogen-bond donors (Lipinski definition) is 1. The van der Waals surface area contributed by atoms with Crippen LogP contribution in [-0.4, -0.2) is 13.1 Å². The Morgan fingerprint density at radius 3 is 2.53 bits per heavy atom. The van der Waals surface area contributed by atoms with Crippen molar-refractivity contribution in [2.24, 2.45) is 0 Å². The van der Waals surface area contributed by atoms with Crippen LogP contribution in [0, 0.1) is 5.82 Å². The maximum Gasteiger partial charge on any atom is 0.144 e. The van der Waals surface area contributed by atoms with Gasteiger partial charge in [0.15, 0.2) is 0 Å². The van der Waals surface area contributed by atoms with Crippen molar-refractivity contribution in [1.29, 1.82) is 0 Å². The van der Waals surface area contributed by atoms with Gasteiger partial charge in [0.25, 0.3) is 0 Å². The van der Waals surface area contributed by atoms with E-state index < -0.39 is 5.82 Å². The molecule has 0 unspecified atom stereocenters. The molecule has 82 valence electrons. The van der Waals surface area contributed by atoms with Gasteiger partial charge in [-0.05, 0) is 25.3 Å². The molecule has 0 spiro atoms. The molecule has 0 aliphatic carbocycles. The Kier molecular flexibility index (Phi) is 3.00. The van der Waals surface area contributed by atoms with Crippen LogP contribution in [0.3, 0.4) is 0 Å². The first-order valence-electron chi connectivity index (χ1n) is 5.18. The molecule has 4 heteroatoms. The van der Waals surface area contributed by atoms with E-state index in [1.54, 1.807) is 0 Å². The fourth-order valence-electron chi connectivity index (χ4n) is 1.96. The van der Waals surface area contributed by atoms with Gasteiger partial charge in [-0.25, -0.2) is 4.39 Å². The van der Waals surface area contributed by atoms with E-state index in [1.165, 1.54) is 18.6 Å². The van der Waals surface area contributed by atoms with E-state index in [0.717, 1.165) is 31.6 Å². The Morgan fingerprint density at radius 1 is 1.20 bits per heavy atom. The molecule has 1 fully saturated rings. The van der Waals surface area contributed by atoms with Crippen LogP contribution in [0.5, 0.6) is 0 Å². The minimum atomic E-state index is -0.397. The zero-order valence-corrected chi connectivity index (χ0v) is 9.23. The molecule has 0 atom stereocenters. The van der Waals surface area contributed by atoms with Gasteiger partial charge in [0, 0.05) is 19.2 Å². The fourth-order valence-corrected chi connectivity index (χ4v) is 2.13. The Hall–Kier alpha value is -0.960. The van der Waals surface area contributed by atoms with E-state index in [0.29, 0.717) is 5.69 Å². The molecular weight excluding hydrogens is 215 g/mol. The minimum absolute atomic E-state index is 0.0910. The summed E-state index contributed by atoms with van der Waals surface area (Å²) in [5.41, 5.74) is 7.16. The molecule has 1 saturated heterocycles. The average Bonchev–Trinajstić information content (AvgIpc) is 2.25. The summed E-state index contributed by atoms with van der Waals surface area (Å²) in [5, 5.41) is 0.0910. The Bertz CT molecular complexity index is 362. The van der Waals surface area contributed by atoms with E-state index in [1.807, 2.05) is 0 Å². The second-order valence-electron chi connectivity index (χ2n) is 3.87. The van der Waals surface area contributed by atoms with Crippen molar-refractivity contribution in [2.45, 2.75) is 19.3 Å². The van der Waals surface area contributed by atoms with Crippen molar-refractivity contribution in [2.75, 3.05) is 23.7 Å². The summed E-state index contributed by atoms with van der Waals surface area (Å²) in [5.74, 6) is -0.397. The van der Waals surface area contributed by atoms with E-state index in [9.17, 15) is 4.39 Å². The van der Waals surface area contributed by atoms with E-state index in [-0.39, 0.29) is 5.02 Å². The molecule has 2 N–H and O–H groups in total. The Morgan fingerprint density at radius 2 is 1.87 bits per heavy atom. The predicted octanol–water partition coefficient (Wildman–Crippen LogP) is 3.05. The lowest BCUT2D eigenvalue weighted by Gasteiger charge is -2.29. The molecule has 15 heavy (non-hydrogen) atoms. The highest BCUT2D eigenvalue weighted by atomic mass is 35.5. The number of piperidine rings is 1. The van der Waals surface area contributed by atoms with Crippen LogP contribution < -0.4 is 10.6 Å². The highest BCUT2D eigenvalue weighted by Crippen LogP contribution is 2.30. The molecule has 0 bridgehead atoms. The van der Waals surface area contributed by atoms with Gasteiger partial charge in [0.1, 0.15) is 5.82 Å². The third kappa shape index (κ3) is 2.17. The number of nitrogens with two attached hydrogens (primary N) is 1. The van der Waals surface area contributed by atoms with E-state index in [4.69, 9.17) is 17.3 Å². The maximum atomic E-state index is 13.3. The number of benzene rings is 1. The highest BCUT2D eigenvalue weighted by Gasteiger charge is 2.15. The lowest BCUT2D eigenvalue weighted by Crippen LogP contribution is -2.30. The van der Waals surface area contributed by atoms with Crippen LogP contribution in [0.15, 0.2) is 12.1 Å². The Labute approximate surface area is 93.8 Å². The molecule has 1 aliphatic rings. The smallest absolute Gasteiger partial charge is 0.144 e. The highest BCUT2D eigenvalue weighted by molar-refractivity contribution is 6.31. The maximum absolute atomic E-state index is 13.3. The van der Waals surface area contributed by atoms with Gasteiger partial charge in [-0.3, -0.25) is 0 Å². The third-order valence-corrected chi connectivity index (χ3v) is 3.06. The summed E-state index contributed by atoms with van der Waals surface area (Å²) >= 11 is 5.65. The number of halogens is 2. The predicted molar refractivity (Wildman–Crippen MR) is 61.9 cm³/mol. The first kappa shape index (κ1) is 10.6. The summed E-state index contributed by atoms with van der Waals surface area (Å²) in [7, 11) is 0. The lowest BCUT2D eigenvalue weighted by molar-refractivity contribution is 0.575. The van der Waals surface area contributed by atoms with Crippen LogP contribution in [0.2, 0.25) is 5.02 Å². The molecular formula is C11H14ClFN2. The largest absolute Gasteiger partial charge is 0.397 e. The van der Waals surface area contributed by atoms with Crippen molar-refractivity contribution in [1.82, 2.24) is 0 Å². The van der Waals surface area contributed by atoms with Crippen molar-refractivity contribution < 1.29 is 4.39 Å². The molecule has 0 radical (unpaired) electrons. The zero-order valence-electron chi connectivity index (χ0n) is 8.47. The quantitative estimate of drug-likeness (QED) is 0.749. The minimum Gasteiger partial charge on any atom is -0.397 e. The van der Waals surface area contributed by atoms with Gasteiger partial charge in [-0.15, -0.1) is 0 Å². The summed E-state index contributed by atoms with van der Waals surface area (Å²) in [6.07, 6.45) is 3.53. The molecule has 1 aliphatic heterocycles. The molecule has 2 nitrogen and oxygen atoms in total. The van der Waals surface area contributed by atoms with Gasteiger partial charge in [-0.2, -0.15) is 0 Å². The van der Waals surface area contributed by atoms with Gasteiger partial charge in [-0.1, -0.05) is 11.6 Å².